The molecule has 1 amide bonds. The molecule has 1 fully saturated rings. The Bertz CT molecular complexity index is 1140. The largest absolute Gasteiger partial charge is 0.381 e. The number of halogens is 2. The van der Waals surface area contributed by atoms with E-state index in [-0.39, 0.29) is 23.2 Å². The first-order valence-electron chi connectivity index (χ1n) is 9.64. The Kier molecular flexibility index (Phi) is 4.73. The normalized spacial score (nSPS) is 16.1. The molecule has 2 aromatic heterocycles. The highest BCUT2D eigenvalue weighted by Crippen LogP contribution is 2.35. The number of fused-ring (bicyclic) bond motifs is 1. The fraction of sp³-hybridized carbons (Fsp3) is 0.381. The number of carbonyl (C=O) groups is 1. The summed E-state index contributed by atoms with van der Waals surface area (Å²) >= 11 is 0. The van der Waals surface area contributed by atoms with Crippen LogP contribution in [0.4, 0.5) is 20.4 Å². The van der Waals surface area contributed by atoms with Crippen molar-refractivity contribution in [3.8, 4) is 11.3 Å². The van der Waals surface area contributed by atoms with Gasteiger partial charge in [0, 0.05) is 18.5 Å². The number of alkyl halides is 2. The summed E-state index contributed by atoms with van der Waals surface area (Å²) in [7, 11) is 1.65. The van der Waals surface area contributed by atoms with Gasteiger partial charge in [-0.3, -0.25) is 14.1 Å². The van der Waals surface area contributed by atoms with E-state index in [4.69, 9.17) is 5.73 Å². The van der Waals surface area contributed by atoms with E-state index in [0.29, 0.717) is 22.7 Å². The van der Waals surface area contributed by atoms with Crippen molar-refractivity contribution in [1.82, 2.24) is 14.4 Å². The fourth-order valence-electron chi connectivity index (χ4n) is 3.42. The van der Waals surface area contributed by atoms with E-state index in [2.05, 4.69) is 9.97 Å². The number of aryl methyl sites for hydroxylation is 1. The van der Waals surface area contributed by atoms with E-state index in [1.54, 1.807) is 29.9 Å². The third-order valence-corrected chi connectivity index (χ3v) is 5.63. The van der Waals surface area contributed by atoms with Gasteiger partial charge in [-0.2, -0.15) is 0 Å². The molecule has 158 valence electrons. The quantitative estimate of drug-likeness (QED) is 0.667. The molecule has 1 aliphatic carbocycles. The lowest BCUT2D eigenvalue weighted by Crippen LogP contribution is -2.30. The number of aromatic nitrogens is 3. The van der Waals surface area contributed by atoms with E-state index in [9.17, 15) is 18.7 Å². The summed E-state index contributed by atoms with van der Waals surface area (Å²) in [5.41, 5.74) is 6.31. The highest BCUT2D eigenvalue weighted by atomic mass is 19.3. The van der Waals surface area contributed by atoms with Gasteiger partial charge in [-0.1, -0.05) is 12.1 Å². The van der Waals surface area contributed by atoms with E-state index in [1.165, 1.54) is 17.0 Å². The van der Waals surface area contributed by atoms with Crippen LogP contribution in [0.15, 0.2) is 30.6 Å². The first kappa shape index (κ1) is 20.2. The van der Waals surface area contributed by atoms with Crippen molar-refractivity contribution >= 4 is 23.2 Å². The number of nitrogen functional groups attached to an aromatic ring is 1. The van der Waals surface area contributed by atoms with Crippen molar-refractivity contribution in [2.75, 3.05) is 17.7 Å². The van der Waals surface area contributed by atoms with Crippen LogP contribution in [0.5, 0.6) is 0 Å². The molecule has 3 N–H and O–H groups in total. The number of anilines is 2. The minimum atomic E-state index is -2.94. The second kappa shape index (κ2) is 7.02. The molecule has 7 nitrogen and oxygen atoms in total. The molecule has 0 radical (unpaired) electrons. The van der Waals surface area contributed by atoms with Crippen molar-refractivity contribution < 1.29 is 18.7 Å². The predicted octanol–water partition coefficient (Wildman–Crippen LogP) is 3.13. The summed E-state index contributed by atoms with van der Waals surface area (Å²) in [5.74, 6) is 0.535. The molecule has 3 aromatic rings. The van der Waals surface area contributed by atoms with Crippen LogP contribution in [-0.4, -0.2) is 38.9 Å². The van der Waals surface area contributed by atoms with Crippen LogP contribution < -0.4 is 10.6 Å². The van der Waals surface area contributed by atoms with Crippen LogP contribution in [0.3, 0.4) is 0 Å². The van der Waals surface area contributed by atoms with Crippen LogP contribution in [0.1, 0.15) is 30.9 Å². The van der Waals surface area contributed by atoms with E-state index < -0.39 is 12.0 Å². The van der Waals surface area contributed by atoms with Gasteiger partial charge in [0.2, 0.25) is 5.91 Å². The zero-order chi connectivity index (χ0) is 21.8. The second-order valence-electron chi connectivity index (χ2n) is 7.97. The van der Waals surface area contributed by atoms with Gasteiger partial charge in [-0.25, -0.2) is 18.7 Å². The lowest BCUT2D eigenvalue weighted by molar-refractivity contribution is -0.119. The van der Waals surface area contributed by atoms with Crippen molar-refractivity contribution in [3.05, 3.63) is 41.7 Å². The number of nitrogens with two attached hydrogens (primary N) is 1. The summed E-state index contributed by atoms with van der Waals surface area (Å²) in [5, 5.41) is 10.2. The highest BCUT2D eigenvalue weighted by Gasteiger charge is 2.35. The van der Waals surface area contributed by atoms with E-state index in [0.717, 1.165) is 25.3 Å². The molecule has 9 heteroatoms. The summed E-state index contributed by atoms with van der Waals surface area (Å²) in [6, 6.07) is 4.69. The van der Waals surface area contributed by atoms with Crippen LogP contribution in [0.25, 0.3) is 16.9 Å². The number of benzene rings is 1. The third kappa shape index (κ3) is 3.28. The number of hydrogen-bond donors (Lipinski definition) is 2. The topological polar surface area (TPSA) is 96.8 Å². The SMILES string of the molecule is Cc1ccc(C(C)(O)C(F)F)cc1-c1cnc2c(N)nc(N(C)C(=O)C3CC3)cn12. The zero-order valence-electron chi connectivity index (χ0n) is 16.9. The maximum Gasteiger partial charge on any atom is 0.270 e. The van der Waals surface area contributed by atoms with Gasteiger partial charge >= 0.3 is 0 Å². The maximum absolute atomic E-state index is 13.3. The molecule has 0 aliphatic heterocycles. The highest BCUT2D eigenvalue weighted by molar-refractivity contribution is 5.95. The molecule has 0 spiro atoms. The minimum Gasteiger partial charge on any atom is -0.381 e. The van der Waals surface area contributed by atoms with Gasteiger partial charge in [0.1, 0.15) is 5.60 Å². The Morgan fingerprint density at radius 1 is 1.40 bits per heavy atom. The van der Waals surface area contributed by atoms with Crippen molar-refractivity contribution in [2.45, 2.75) is 38.7 Å². The fourth-order valence-corrected chi connectivity index (χ4v) is 3.42. The molecule has 1 aliphatic rings. The number of nitrogens with zero attached hydrogens (tertiary/aromatic N) is 4. The molecular formula is C21H23F2N5O2. The third-order valence-electron chi connectivity index (χ3n) is 5.63. The maximum atomic E-state index is 13.3. The van der Waals surface area contributed by atoms with Crippen LogP contribution in [-0.2, 0) is 10.4 Å². The number of aliphatic hydroxyl groups is 1. The van der Waals surface area contributed by atoms with Crippen LogP contribution in [0, 0.1) is 12.8 Å². The van der Waals surface area contributed by atoms with Crippen molar-refractivity contribution in [3.63, 3.8) is 0 Å². The Labute approximate surface area is 172 Å². The molecular weight excluding hydrogens is 392 g/mol. The number of carbonyl (C=O) groups excluding carboxylic acids is 1. The van der Waals surface area contributed by atoms with Gasteiger partial charge in [0.15, 0.2) is 17.3 Å². The molecule has 4 rings (SSSR count). The summed E-state index contributed by atoms with van der Waals surface area (Å²) in [4.78, 5) is 22.5. The van der Waals surface area contributed by atoms with Gasteiger partial charge in [-0.15, -0.1) is 0 Å². The lowest BCUT2D eigenvalue weighted by Gasteiger charge is -2.24. The van der Waals surface area contributed by atoms with Crippen LogP contribution in [0.2, 0.25) is 0 Å². The first-order valence-corrected chi connectivity index (χ1v) is 9.64. The molecule has 2 heterocycles. The molecule has 1 aromatic carbocycles. The molecule has 1 saturated carbocycles. The van der Waals surface area contributed by atoms with Crippen molar-refractivity contribution in [1.29, 1.82) is 0 Å². The average molecular weight is 415 g/mol. The first-order chi connectivity index (χ1) is 14.1. The van der Waals surface area contributed by atoms with E-state index in [1.807, 2.05) is 6.92 Å². The summed E-state index contributed by atoms with van der Waals surface area (Å²) in [6.07, 6.45) is 2.03. The second-order valence-corrected chi connectivity index (χ2v) is 7.97. The van der Waals surface area contributed by atoms with E-state index >= 15 is 0 Å². The Morgan fingerprint density at radius 2 is 2.10 bits per heavy atom. The molecule has 0 bridgehead atoms. The minimum absolute atomic E-state index is 0.0194. The number of hydrogen-bond acceptors (Lipinski definition) is 5. The summed E-state index contributed by atoms with van der Waals surface area (Å²) < 4.78 is 28.4. The Balaban J connectivity index is 1.85. The monoisotopic (exact) mass is 415 g/mol. The zero-order valence-corrected chi connectivity index (χ0v) is 16.9. The molecule has 0 saturated heterocycles. The average Bonchev–Trinajstić information content (AvgIpc) is 3.46. The lowest BCUT2D eigenvalue weighted by atomic mass is 9.92. The summed E-state index contributed by atoms with van der Waals surface area (Å²) in [6.45, 7) is 2.92. The van der Waals surface area contributed by atoms with Gasteiger partial charge in [0.25, 0.3) is 6.43 Å². The van der Waals surface area contributed by atoms with Gasteiger partial charge in [0.05, 0.1) is 18.1 Å². The smallest absolute Gasteiger partial charge is 0.270 e. The number of rotatable bonds is 5. The van der Waals surface area contributed by atoms with Gasteiger partial charge in [-0.05, 0) is 43.9 Å². The number of amides is 1. The Morgan fingerprint density at radius 3 is 2.73 bits per heavy atom. The van der Waals surface area contributed by atoms with Crippen LogP contribution >= 0.6 is 0 Å². The molecule has 1 atom stereocenters. The molecule has 30 heavy (non-hydrogen) atoms. The van der Waals surface area contributed by atoms with Crippen molar-refractivity contribution in [2.24, 2.45) is 5.92 Å². The Hall–Kier alpha value is -3.07. The van der Waals surface area contributed by atoms with Gasteiger partial charge < -0.3 is 10.8 Å². The predicted molar refractivity (Wildman–Crippen MR) is 109 cm³/mol. The number of imidazole rings is 1. The molecule has 1 unspecified atom stereocenters. The standard InChI is InChI=1S/C21H23F2N5O2/c1-11-4-7-13(21(2,30)20(22)23)8-14(11)15-9-25-18-17(24)26-16(10-28(15)18)27(3)19(29)12-5-6-12/h4,7-10,12,20,30H,5-6H2,1-3H3,(H2,24,26).